The van der Waals surface area contributed by atoms with Gasteiger partial charge < -0.3 is 19.9 Å². The van der Waals surface area contributed by atoms with Crippen LogP contribution in [0.5, 0.6) is 0 Å². The first-order valence-electron chi connectivity index (χ1n) is 12.7. The van der Waals surface area contributed by atoms with Crippen molar-refractivity contribution in [2.75, 3.05) is 43.1 Å². The van der Waals surface area contributed by atoms with Crippen molar-refractivity contribution in [1.82, 2.24) is 4.90 Å². The van der Waals surface area contributed by atoms with E-state index in [9.17, 15) is 9.59 Å². The summed E-state index contributed by atoms with van der Waals surface area (Å²) in [6.45, 7) is 15.3. The van der Waals surface area contributed by atoms with Crippen LogP contribution in [-0.2, 0) is 20.7 Å². The van der Waals surface area contributed by atoms with Gasteiger partial charge in [0, 0.05) is 31.0 Å². The summed E-state index contributed by atoms with van der Waals surface area (Å²) in [5.41, 5.74) is 4.77. The third-order valence-corrected chi connectivity index (χ3v) is 6.65. The largest absolute Gasteiger partial charge is 0.378 e. The maximum absolute atomic E-state index is 13.6. The fraction of sp³-hybridized carbons (Fsp3) is 0.400. The van der Waals surface area contributed by atoms with Crippen LogP contribution in [0.3, 0.4) is 0 Å². The van der Waals surface area contributed by atoms with Gasteiger partial charge in [-0.25, -0.2) is 0 Å². The summed E-state index contributed by atoms with van der Waals surface area (Å²) in [5, 5.41) is 3.06. The third kappa shape index (κ3) is 7.31. The highest BCUT2D eigenvalue weighted by Gasteiger charge is 2.33. The van der Waals surface area contributed by atoms with Crippen molar-refractivity contribution in [1.29, 1.82) is 0 Å². The van der Waals surface area contributed by atoms with Crippen LogP contribution in [-0.4, -0.2) is 55.6 Å². The molecule has 1 saturated heterocycles. The summed E-state index contributed by atoms with van der Waals surface area (Å²) >= 11 is 0. The summed E-state index contributed by atoms with van der Waals surface area (Å²) in [6.07, 6.45) is 2.03. The maximum Gasteiger partial charge on any atom is 0.247 e. The van der Waals surface area contributed by atoms with Crippen molar-refractivity contribution in [3.05, 3.63) is 84.0 Å². The second kappa shape index (κ2) is 13.1. The molecule has 0 spiro atoms. The number of morpholine rings is 1. The fourth-order valence-corrected chi connectivity index (χ4v) is 4.37. The Morgan fingerprint density at radius 2 is 1.69 bits per heavy atom. The van der Waals surface area contributed by atoms with Crippen molar-refractivity contribution in [2.24, 2.45) is 5.92 Å². The molecule has 3 rings (SSSR count). The predicted octanol–water partition coefficient (Wildman–Crippen LogP) is 5.08. The lowest BCUT2D eigenvalue weighted by atomic mass is 9.98. The highest BCUT2D eigenvalue weighted by molar-refractivity contribution is 5.97. The molecule has 2 aromatic rings. The number of nitrogens with one attached hydrogen (secondary N) is 1. The number of hydrogen-bond acceptors (Lipinski definition) is 4. The number of allylic oxidation sites excluding steroid dienone is 2. The summed E-state index contributed by atoms with van der Waals surface area (Å²) < 4.78 is 5.44. The van der Waals surface area contributed by atoms with Gasteiger partial charge in [-0.05, 0) is 49.6 Å². The Labute approximate surface area is 215 Å². The Balaban J connectivity index is 1.81. The zero-order valence-corrected chi connectivity index (χ0v) is 22.0. The van der Waals surface area contributed by atoms with Gasteiger partial charge in [0.1, 0.15) is 6.04 Å². The average molecular weight is 490 g/mol. The second-order valence-corrected chi connectivity index (χ2v) is 9.68. The monoisotopic (exact) mass is 489 g/mol. The number of hydrogen-bond donors (Lipinski definition) is 1. The molecule has 6 nitrogen and oxygen atoms in total. The van der Waals surface area contributed by atoms with E-state index in [1.807, 2.05) is 82.3 Å². The van der Waals surface area contributed by atoms with Crippen LogP contribution in [0.4, 0.5) is 11.4 Å². The van der Waals surface area contributed by atoms with Crippen molar-refractivity contribution < 1.29 is 14.3 Å². The minimum Gasteiger partial charge on any atom is -0.378 e. The quantitative estimate of drug-likeness (QED) is 0.473. The third-order valence-electron chi connectivity index (χ3n) is 6.65. The Hall–Kier alpha value is -3.38. The van der Waals surface area contributed by atoms with Gasteiger partial charge in [0.05, 0.1) is 19.6 Å². The van der Waals surface area contributed by atoms with Crippen molar-refractivity contribution >= 4 is 23.2 Å². The zero-order chi connectivity index (χ0) is 26.1. The van der Waals surface area contributed by atoms with E-state index in [-0.39, 0.29) is 24.2 Å². The van der Waals surface area contributed by atoms with E-state index in [4.69, 9.17) is 4.74 Å². The van der Waals surface area contributed by atoms with E-state index in [0.717, 1.165) is 48.7 Å². The van der Waals surface area contributed by atoms with Gasteiger partial charge in [0.25, 0.3) is 0 Å². The van der Waals surface area contributed by atoms with Gasteiger partial charge in [-0.15, -0.1) is 0 Å². The Bertz CT molecular complexity index is 1050. The highest BCUT2D eigenvalue weighted by Crippen LogP contribution is 2.22. The molecule has 1 unspecified atom stereocenters. The molecule has 6 heteroatoms. The minimum atomic E-state index is -0.618. The Morgan fingerprint density at radius 1 is 1.06 bits per heavy atom. The molecule has 1 aliphatic heterocycles. The predicted molar refractivity (Wildman–Crippen MR) is 147 cm³/mol. The Kier molecular flexibility index (Phi) is 9.88. The normalized spacial score (nSPS) is 15.2. The molecule has 1 aliphatic rings. The lowest BCUT2D eigenvalue weighted by Gasteiger charge is -2.34. The zero-order valence-electron chi connectivity index (χ0n) is 22.0. The standard InChI is InChI=1S/C30H39N3O3/c1-6-23(4)24(5)21-33(28(34)20-25-10-8-7-9-11-25)29(22(2)3)30(35)31-26-12-14-27(15-13-26)32-16-18-36-19-17-32/h6-15,22,29H,1,16-21H2,2-5H3,(H,31,35)/b24-23+. The van der Waals surface area contributed by atoms with Gasteiger partial charge >= 0.3 is 0 Å². The van der Waals surface area contributed by atoms with Gasteiger partial charge in [-0.3, -0.25) is 9.59 Å². The molecule has 0 aromatic heterocycles. The Morgan fingerprint density at radius 3 is 2.28 bits per heavy atom. The first kappa shape index (κ1) is 27.2. The molecule has 1 heterocycles. The van der Waals surface area contributed by atoms with Gasteiger partial charge in [0.15, 0.2) is 0 Å². The van der Waals surface area contributed by atoms with Crippen molar-refractivity contribution in [2.45, 2.75) is 40.2 Å². The molecule has 192 valence electrons. The summed E-state index contributed by atoms with van der Waals surface area (Å²) in [6, 6.07) is 16.9. The molecule has 1 atom stereocenters. The van der Waals surface area contributed by atoms with E-state index in [1.54, 1.807) is 11.0 Å². The molecule has 36 heavy (non-hydrogen) atoms. The number of carbonyl (C=O) groups is 2. The number of ether oxygens (including phenoxy) is 1. The van der Waals surface area contributed by atoms with E-state index < -0.39 is 6.04 Å². The lowest BCUT2D eigenvalue weighted by Crippen LogP contribution is -2.51. The first-order chi connectivity index (χ1) is 17.3. The van der Waals surface area contributed by atoms with E-state index >= 15 is 0 Å². The van der Waals surface area contributed by atoms with Gasteiger partial charge in [-0.1, -0.05) is 68.0 Å². The van der Waals surface area contributed by atoms with Gasteiger partial charge in [-0.2, -0.15) is 0 Å². The topological polar surface area (TPSA) is 61.9 Å². The summed E-state index contributed by atoms with van der Waals surface area (Å²) in [4.78, 5) is 31.1. The number of anilines is 2. The SMILES string of the molecule is C=C/C(C)=C(\C)CN(C(=O)Cc1ccccc1)C(C(=O)Nc1ccc(N2CCOCC2)cc1)C(C)C. The maximum atomic E-state index is 13.6. The molecular weight excluding hydrogens is 450 g/mol. The summed E-state index contributed by atoms with van der Waals surface area (Å²) in [7, 11) is 0. The molecule has 1 fully saturated rings. The van der Waals surface area contributed by atoms with E-state index in [0.29, 0.717) is 12.2 Å². The smallest absolute Gasteiger partial charge is 0.247 e. The average Bonchev–Trinajstić information content (AvgIpc) is 2.89. The van der Waals surface area contributed by atoms with Crippen LogP contribution in [0.25, 0.3) is 0 Å². The number of nitrogens with zero attached hydrogens (tertiary/aromatic N) is 2. The molecule has 0 saturated carbocycles. The van der Waals surface area contributed by atoms with Crippen LogP contribution >= 0.6 is 0 Å². The van der Waals surface area contributed by atoms with Crippen LogP contribution in [0.15, 0.2) is 78.4 Å². The molecule has 0 bridgehead atoms. The number of rotatable bonds is 10. The highest BCUT2D eigenvalue weighted by atomic mass is 16.5. The van der Waals surface area contributed by atoms with Crippen LogP contribution in [0.2, 0.25) is 0 Å². The number of amides is 2. The molecule has 0 radical (unpaired) electrons. The molecular formula is C30H39N3O3. The summed E-state index contributed by atoms with van der Waals surface area (Å²) in [5.74, 6) is -0.335. The molecule has 0 aliphatic carbocycles. The van der Waals surface area contributed by atoms with Crippen molar-refractivity contribution in [3.63, 3.8) is 0 Å². The second-order valence-electron chi connectivity index (χ2n) is 9.68. The molecule has 2 aromatic carbocycles. The number of benzene rings is 2. The first-order valence-corrected chi connectivity index (χ1v) is 12.7. The van der Waals surface area contributed by atoms with E-state index in [1.165, 1.54) is 0 Å². The fourth-order valence-electron chi connectivity index (χ4n) is 4.37. The van der Waals surface area contributed by atoms with Crippen LogP contribution in [0, 0.1) is 5.92 Å². The van der Waals surface area contributed by atoms with Crippen molar-refractivity contribution in [3.8, 4) is 0 Å². The van der Waals surface area contributed by atoms with Crippen LogP contribution < -0.4 is 10.2 Å². The molecule has 1 N–H and O–H groups in total. The minimum absolute atomic E-state index is 0.0748. The lowest BCUT2D eigenvalue weighted by molar-refractivity contribution is -0.139. The molecule has 2 amide bonds. The van der Waals surface area contributed by atoms with E-state index in [2.05, 4.69) is 16.8 Å². The van der Waals surface area contributed by atoms with Crippen LogP contribution in [0.1, 0.15) is 33.3 Å². The number of carbonyl (C=O) groups excluding carboxylic acids is 2. The van der Waals surface area contributed by atoms with Gasteiger partial charge in [0.2, 0.25) is 11.8 Å².